The summed E-state index contributed by atoms with van der Waals surface area (Å²) in [5.74, 6) is 1.34. The van der Waals surface area contributed by atoms with Crippen molar-refractivity contribution in [2.45, 2.75) is 56.6 Å². The van der Waals surface area contributed by atoms with Crippen LogP contribution >= 0.6 is 11.8 Å². The molecule has 0 unspecified atom stereocenters. The number of amides is 1. The average Bonchev–Trinajstić information content (AvgIpc) is 3.46. The summed E-state index contributed by atoms with van der Waals surface area (Å²) < 4.78 is 2.26. The number of hydrogen-bond acceptors (Lipinski definition) is 5. The Morgan fingerprint density at radius 2 is 1.89 bits per heavy atom. The van der Waals surface area contributed by atoms with E-state index in [2.05, 4.69) is 44.0 Å². The standard InChI is InChI=1S/C20H27N5OS/c1-2-15-6-8-16(9-7-15)21-18(26)14-27-20-23-22-19(25(20)17-10-11-17)24-12-4-3-5-13-24/h6-9,17H,2-5,10-14H2,1H3,(H,21,26). The summed E-state index contributed by atoms with van der Waals surface area (Å²) in [5.41, 5.74) is 2.11. The summed E-state index contributed by atoms with van der Waals surface area (Å²) in [6.07, 6.45) is 7.11. The first-order chi connectivity index (χ1) is 13.2. The molecule has 0 bridgehead atoms. The third-order valence-corrected chi connectivity index (χ3v) is 6.12. The molecule has 2 heterocycles. The van der Waals surface area contributed by atoms with E-state index in [0.717, 1.165) is 36.3 Å². The fraction of sp³-hybridized carbons (Fsp3) is 0.550. The van der Waals surface area contributed by atoms with Crippen LogP contribution < -0.4 is 10.2 Å². The molecule has 1 aliphatic heterocycles. The first kappa shape index (κ1) is 18.3. The van der Waals surface area contributed by atoms with Crippen molar-refractivity contribution in [1.29, 1.82) is 0 Å². The van der Waals surface area contributed by atoms with Gasteiger partial charge in [-0.15, -0.1) is 10.2 Å². The predicted octanol–water partition coefficient (Wildman–Crippen LogP) is 3.90. The van der Waals surface area contributed by atoms with Crippen molar-refractivity contribution >= 4 is 29.3 Å². The highest BCUT2D eigenvalue weighted by Crippen LogP contribution is 2.41. The lowest BCUT2D eigenvalue weighted by Gasteiger charge is -2.27. The molecule has 0 radical (unpaired) electrons. The molecule has 0 spiro atoms. The number of aryl methyl sites for hydroxylation is 1. The van der Waals surface area contributed by atoms with E-state index in [9.17, 15) is 4.79 Å². The van der Waals surface area contributed by atoms with Crippen molar-refractivity contribution in [2.75, 3.05) is 29.1 Å². The Morgan fingerprint density at radius 1 is 1.15 bits per heavy atom. The van der Waals surface area contributed by atoms with Gasteiger partial charge in [0.1, 0.15) is 0 Å². The van der Waals surface area contributed by atoms with E-state index < -0.39 is 0 Å². The maximum absolute atomic E-state index is 12.3. The van der Waals surface area contributed by atoms with Gasteiger partial charge in [0.05, 0.1) is 5.75 Å². The van der Waals surface area contributed by atoms with Gasteiger partial charge in [0.2, 0.25) is 11.9 Å². The number of thioether (sulfide) groups is 1. The molecule has 4 rings (SSSR count). The van der Waals surface area contributed by atoms with Crippen LogP contribution in [0.15, 0.2) is 29.4 Å². The van der Waals surface area contributed by atoms with E-state index in [-0.39, 0.29) is 5.91 Å². The molecular formula is C20H27N5OS. The monoisotopic (exact) mass is 385 g/mol. The van der Waals surface area contributed by atoms with Crippen LogP contribution in [0.25, 0.3) is 0 Å². The lowest BCUT2D eigenvalue weighted by Crippen LogP contribution is -2.32. The van der Waals surface area contributed by atoms with Gasteiger partial charge in [-0.2, -0.15) is 0 Å². The second-order valence-electron chi connectivity index (χ2n) is 7.32. The number of nitrogens with one attached hydrogen (secondary N) is 1. The Morgan fingerprint density at radius 3 is 2.56 bits per heavy atom. The van der Waals surface area contributed by atoms with Crippen molar-refractivity contribution in [3.05, 3.63) is 29.8 Å². The molecule has 1 aliphatic carbocycles. The zero-order valence-electron chi connectivity index (χ0n) is 15.9. The fourth-order valence-electron chi connectivity index (χ4n) is 3.48. The summed E-state index contributed by atoms with van der Waals surface area (Å²) in [7, 11) is 0. The molecule has 0 atom stereocenters. The lowest BCUT2D eigenvalue weighted by atomic mass is 10.1. The van der Waals surface area contributed by atoms with E-state index in [4.69, 9.17) is 0 Å². The summed E-state index contributed by atoms with van der Waals surface area (Å²) in [4.78, 5) is 14.7. The van der Waals surface area contributed by atoms with Crippen molar-refractivity contribution < 1.29 is 4.79 Å². The van der Waals surface area contributed by atoms with Gasteiger partial charge in [-0.25, -0.2) is 0 Å². The summed E-state index contributed by atoms with van der Waals surface area (Å²) in [5, 5.41) is 12.7. The Balaban J connectivity index is 1.38. The Hall–Kier alpha value is -2.02. The van der Waals surface area contributed by atoms with E-state index in [1.165, 1.54) is 49.4 Å². The zero-order chi connectivity index (χ0) is 18.6. The molecule has 2 fully saturated rings. The molecule has 1 saturated carbocycles. The van der Waals surface area contributed by atoms with Crippen molar-refractivity contribution in [2.24, 2.45) is 0 Å². The summed E-state index contributed by atoms with van der Waals surface area (Å²) in [6.45, 7) is 4.24. The van der Waals surface area contributed by atoms with E-state index in [0.29, 0.717) is 11.8 Å². The third-order valence-electron chi connectivity index (χ3n) is 5.18. The van der Waals surface area contributed by atoms with Crippen molar-refractivity contribution in [3.8, 4) is 0 Å². The van der Waals surface area contributed by atoms with Gasteiger partial charge < -0.3 is 10.2 Å². The molecule has 144 valence electrons. The van der Waals surface area contributed by atoms with Gasteiger partial charge in [0.15, 0.2) is 5.16 Å². The van der Waals surface area contributed by atoms with Crippen LogP contribution in [-0.4, -0.2) is 39.5 Å². The predicted molar refractivity (Wildman–Crippen MR) is 110 cm³/mol. The second kappa shape index (κ2) is 8.33. The highest BCUT2D eigenvalue weighted by atomic mass is 32.2. The van der Waals surface area contributed by atoms with Crippen molar-refractivity contribution in [1.82, 2.24) is 14.8 Å². The Labute approximate surface area is 164 Å². The lowest BCUT2D eigenvalue weighted by molar-refractivity contribution is -0.113. The van der Waals surface area contributed by atoms with Crippen LogP contribution in [0.2, 0.25) is 0 Å². The van der Waals surface area contributed by atoms with Gasteiger partial charge >= 0.3 is 0 Å². The van der Waals surface area contributed by atoms with E-state index in [1.54, 1.807) is 0 Å². The summed E-state index contributed by atoms with van der Waals surface area (Å²) in [6, 6.07) is 8.53. The molecule has 1 amide bonds. The molecule has 1 aromatic heterocycles. The molecular weight excluding hydrogens is 358 g/mol. The van der Waals surface area contributed by atoms with Gasteiger partial charge in [0.25, 0.3) is 0 Å². The van der Waals surface area contributed by atoms with E-state index in [1.807, 2.05) is 12.1 Å². The minimum absolute atomic E-state index is 0.00545. The number of anilines is 2. The van der Waals surface area contributed by atoms with Crippen LogP contribution in [0.3, 0.4) is 0 Å². The second-order valence-corrected chi connectivity index (χ2v) is 8.26. The van der Waals surface area contributed by atoms with Crippen LogP contribution in [-0.2, 0) is 11.2 Å². The minimum atomic E-state index is -0.00545. The molecule has 1 saturated heterocycles. The summed E-state index contributed by atoms with van der Waals surface area (Å²) >= 11 is 1.49. The number of carbonyl (C=O) groups excluding carboxylic acids is 1. The van der Waals surface area contributed by atoms with Crippen molar-refractivity contribution in [3.63, 3.8) is 0 Å². The maximum atomic E-state index is 12.3. The highest BCUT2D eigenvalue weighted by molar-refractivity contribution is 7.99. The number of benzene rings is 1. The fourth-order valence-corrected chi connectivity index (χ4v) is 4.28. The number of nitrogens with zero attached hydrogens (tertiary/aromatic N) is 4. The number of piperidine rings is 1. The Bertz CT molecular complexity index is 778. The largest absolute Gasteiger partial charge is 0.341 e. The van der Waals surface area contributed by atoms with E-state index >= 15 is 0 Å². The van der Waals surface area contributed by atoms with Gasteiger partial charge in [0, 0.05) is 24.8 Å². The third kappa shape index (κ3) is 4.46. The van der Waals surface area contributed by atoms with Crippen LogP contribution in [0, 0.1) is 0 Å². The molecule has 1 N–H and O–H groups in total. The van der Waals surface area contributed by atoms with Gasteiger partial charge in [-0.05, 0) is 56.2 Å². The zero-order valence-corrected chi connectivity index (χ0v) is 16.7. The van der Waals surface area contributed by atoms with Crippen LogP contribution in [0.5, 0.6) is 0 Å². The quantitative estimate of drug-likeness (QED) is 0.733. The first-order valence-electron chi connectivity index (χ1n) is 9.96. The molecule has 2 aromatic rings. The minimum Gasteiger partial charge on any atom is -0.341 e. The van der Waals surface area contributed by atoms with Gasteiger partial charge in [-0.3, -0.25) is 9.36 Å². The SMILES string of the molecule is CCc1ccc(NC(=O)CSc2nnc(N3CCCCC3)n2C2CC2)cc1. The highest BCUT2D eigenvalue weighted by Gasteiger charge is 2.32. The number of aromatic nitrogens is 3. The smallest absolute Gasteiger partial charge is 0.234 e. The number of hydrogen-bond donors (Lipinski definition) is 1. The Kier molecular flexibility index (Phi) is 5.66. The van der Waals surface area contributed by atoms with Gasteiger partial charge in [-0.1, -0.05) is 30.8 Å². The van der Waals surface area contributed by atoms with Crippen LogP contribution in [0.4, 0.5) is 11.6 Å². The molecule has 27 heavy (non-hydrogen) atoms. The normalized spacial score (nSPS) is 17.1. The molecule has 1 aromatic carbocycles. The number of carbonyl (C=O) groups is 1. The first-order valence-corrected chi connectivity index (χ1v) is 10.9. The van der Waals surface area contributed by atoms with Crippen LogP contribution in [0.1, 0.15) is 50.6 Å². The average molecular weight is 386 g/mol. The molecule has 2 aliphatic rings. The maximum Gasteiger partial charge on any atom is 0.234 e. The molecule has 7 heteroatoms. The topological polar surface area (TPSA) is 63.1 Å². The molecule has 6 nitrogen and oxygen atoms in total. The number of rotatable bonds is 7.